The molecular weight excluding hydrogens is 420 g/mol. The van der Waals surface area contributed by atoms with E-state index >= 15 is 0 Å². The second kappa shape index (κ2) is 9.20. The van der Waals surface area contributed by atoms with Gasteiger partial charge in [0.25, 0.3) is 0 Å². The highest BCUT2D eigenvalue weighted by molar-refractivity contribution is 5.97. The van der Waals surface area contributed by atoms with E-state index in [1.807, 2.05) is 32.0 Å². The molecule has 0 fully saturated rings. The van der Waals surface area contributed by atoms with Gasteiger partial charge < -0.3 is 18.6 Å². The monoisotopic (exact) mass is 444 g/mol. The minimum atomic E-state index is -0.349. The van der Waals surface area contributed by atoms with Gasteiger partial charge in [-0.2, -0.15) is 0 Å². The third-order valence-corrected chi connectivity index (χ3v) is 5.37. The van der Waals surface area contributed by atoms with Crippen LogP contribution in [0.25, 0.3) is 22.3 Å². The molecule has 4 aromatic rings. The van der Waals surface area contributed by atoms with Crippen LogP contribution in [-0.2, 0) is 0 Å². The van der Waals surface area contributed by atoms with Gasteiger partial charge in [-0.1, -0.05) is 35.9 Å². The molecule has 0 radical (unpaired) electrons. The van der Waals surface area contributed by atoms with Crippen molar-refractivity contribution in [2.45, 2.75) is 13.8 Å². The van der Waals surface area contributed by atoms with E-state index in [9.17, 15) is 9.59 Å². The molecule has 6 heteroatoms. The Kier molecular flexibility index (Phi) is 6.18. The van der Waals surface area contributed by atoms with Crippen LogP contribution in [-0.4, -0.2) is 26.6 Å². The van der Waals surface area contributed by atoms with Gasteiger partial charge in [0, 0.05) is 11.1 Å². The molecule has 0 spiro atoms. The summed E-state index contributed by atoms with van der Waals surface area (Å²) in [6.07, 6.45) is 0. The number of fused-ring (bicyclic) bond motifs is 1. The quantitative estimate of drug-likeness (QED) is 0.358. The number of aryl methyl sites for hydroxylation is 2. The second-order valence-corrected chi connectivity index (χ2v) is 7.74. The number of Topliss-reactive ketones (excluding diaryl/α,β-unsaturated/α-hetero) is 1. The van der Waals surface area contributed by atoms with Crippen LogP contribution < -0.4 is 19.6 Å². The average molecular weight is 444 g/mol. The van der Waals surface area contributed by atoms with Gasteiger partial charge in [0.15, 0.2) is 29.6 Å². The summed E-state index contributed by atoms with van der Waals surface area (Å²) in [5.74, 6) is 0.965. The number of ketones is 1. The standard InChI is InChI=1S/C27H24O6/c1-16-5-8-18(9-6-16)21(28)15-32-27-25(29)20-11-7-17(2)13-23(20)33-26(27)19-10-12-22(30-3)24(14-19)31-4/h5-14H,15H2,1-4H3. The minimum absolute atomic E-state index is 0.0287. The molecule has 0 saturated carbocycles. The van der Waals surface area contributed by atoms with E-state index in [-0.39, 0.29) is 29.3 Å². The fourth-order valence-corrected chi connectivity index (χ4v) is 3.54. The van der Waals surface area contributed by atoms with Crippen molar-refractivity contribution in [1.29, 1.82) is 0 Å². The summed E-state index contributed by atoms with van der Waals surface area (Å²) in [5, 5.41) is 0.377. The molecule has 4 rings (SSSR count). The van der Waals surface area contributed by atoms with Crippen LogP contribution in [0.15, 0.2) is 69.9 Å². The van der Waals surface area contributed by atoms with Crippen LogP contribution in [0.5, 0.6) is 17.2 Å². The van der Waals surface area contributed by atoms with Crippen LogP contribution >= 0.6 is 0 Å². The van der Waals surface area contributed by atoms with Crippen molar-refractivity contribution in [3.63, 3.8) is 0 Å². The molecule has 0 N–H and O–H groups in total. The van der Waals surface area contributed by atoms with E-state index in [4.69, 9.17) is 18.6 Å². The number of carbonyl (C=O) groups excluding carboxylic acids is 1. The summed E-state index contributed by atoms with van der Waals surface area (Å²) in [6.45, 7) is 3.56. The second-order valence-electron chi connectivity index (χ2n) is 7.74. The Bertz CT molecular complexity index is 1380. The van der Waals surface area contributed by atoms with Crippen molar-refractivity contribution in [2.24, 2.45) is 0 Å². The summed E-state index contributed by atoms with van der Waals surface area (Å²) in [7, 11) is 3.07. The summed E-state index contributed by atoms with van der Waals surface area (Å²) in [5.41, 5.74) is 3.15. The van der Waals surface area contributed by atoms with Gasteiger partial charge in [0.2, 0.25) is 11.2 Å². The predicted octanol–water partition coefficient (Wildman–Crippen LogP) is 5.36. The molecule has 0 amide bonds. The van der Waals surface area contributed by atoms with Gasteiger partial charge in [0.05, 0.1) is 19.6 Å². The van der Waals surface area contributed by atoms with Crippen LogP contribution in [0.4, 0.5) is 0 Å². The molecule has 0 bridgehead atoms. The molecule has 0 aliphatic carbocycles. The lowest BCUT2D eigenvalue weighted by Crippen LogP contribution is -2.17. The van der Waals surface area contributed by atoms with Crippen molar-refractivity contribution >= 4 is 16.8 Å². The lowest BCUT2D eigenvalue weighted by molar-refractivity contribution is 0.0920. The fraction of sp³-hybridized carbons (Fsp3) is 0.185. The number of methoxy groups -OCH3 is 2. The van der Waals surface area contributed by atoms with Gasteiger partial charge in [-0.25, -0.2) is 0 Å². The molecule has 3 aromatic carbocycles. The van der Waals surface area contributed by atoms with Crippen LogP contribution in [0.2, 0.25) is 0 Å². The highest BCUT2D eigenvalue weighted by Gasteiger charge is 2.21. The zero-order valence-electron chi connectivity index (χ0n) is 18.9. The van der Waals surface area contributed by atoms with E-state index < -0.39 is 0 Å². The maximum absolute atomic E-state index is 13.4. The van der Waals surface area contributed by atoms with Crippen molar-refractivity contribution < 1.29 is 23.4 Å². The SMILES string of the molecule is COc1ccc(-c2oc3cc(C)ccc3c(=O)c2OCC(=O)c2ccc(C)cc2)cc1OC. The van der Waals surface area contributed by atoms with Crippen molar-refractivity contribution in [2.75, 3.05) is 20.8 Å². The van der Waals surface area contributed by atoms with Gasteiger partial charge in [0.1, 0.15) is 5.58 Å². The van der Waals surface area contributed by atoms with Gasteiger partial charge >= 0.3 is 0 Å². The summed E-state index contributed by atoms with van der Waals surface area (Å²) >= 11 is 0. The molecule has 0 aliphatic heterocycles. The Morgan fingerprint density at radius 1 is 0.848 bits per heavy atom. The maximum atomic E-state index is 13.4. The number of hydrogen-bond donors (Lipinski definition) is 0. The van der Waals surface area contributed by atoms with E-state index in [1.165, 1.54) is 7.11 Å². The smallest absolute Gasteiger partial charge is 0.235 e. The first kappa shape index (κ1) is 22.1. The summed E-state index contributed by atoms with van der Waals surface area (Å²) in [6, 6.07) is 17.7. The predicted molar refractivity (Wildman–Crippen MR) is 127 cm³/mol. The Morgan fingerprint density at radius 3 is 2.24 bits per heavy atom. The number of benzene rings is 3. The summed E-state index contributed by atoms with van der Waals surface area (Å²) < 4.78 is 22.7. The molecule has 33 heavy (non-hydrogen) atoms. The molecule has 1 heterocycles. The van der Waals surface area contributed by atoms with Crippen LogP contribution in [0.3, 0.4) is 0 Å². The first-order valence-electron chi connectivity index (χ1n) is 10.4. The topological polar surface area (TPSA) is 75.0 Å². The van der Waals surface area contributed by atoms with Gasteiger partial charge in [-0.15, -0.1) is 0 Å². The van der Waals surface area contributed by atoms with Crippen molar-refractivity contribution in [3.8, 4) is 28.6 Å². The fourth-order valence-electron chi connectivity index (χ4n) is 3.54. The Labute approximate surface area is 191 Å². The molecular formula is C27H24O6. The van der Waals surface area contributed by atoms with Crippen molar-refractivity contribution in [1.82, 2.24) is 0 Å². The van der Waals surface area contributed by atoms with Crippen LogP contribution in [0.1, 0.15) is 21.5 Å². The third-order valence-electron chi connectivity index (χ3n) is 5.37. The molecule has 1 aromatic heterocycles. The highest BCUT2D eigenvalue weighted by Crippen LogP contribution is 2.36. The molecule has 6 nitrogen and oxygen atoms in total. The lowest BCUT2D eigenvalue weighted by atomic mass is 10.1. The first-order valence-corrected chi connectivity index (χ1v) is 10.4. The molecule has 168 valence electrons. The minimum Gasteiger partial charge on any atom is -0.493 e. The Hall–Kier alpha value is -4.06. The van der Waals surface area contributed by atoms with Gasteiger partial charge in [-0.05, 0) is 49.7 Å². The highest BCUT2D eigenvalue weighted by atomic mass is 16.5. The molecule has 0 saturated heterocycles. The largest absolute Gasteiger partial charge is 0.493 e. The number of carbonyl (C=O) groups is 1. The Morgan fingerprint density at radius 2 is 1.55 bits per heavy atom. The zero-order valence-corrected chi connectivity index (χ0v) is 18.9. The molecule has 0 aliphatic rings. The van der Waals surface area contributed by atoms with E-state index in [0.29, 0.717) is 33.6 Å². The number of rotatable bonds is 7. The normalized spacial score (nSPS) is 10.8. The zero-order chi connectivity index (χ0) is 23.5. The molecule has 0 atom stereocenters. The van der Waals surface area contributed by atoms with E-state index in [1.54, 1.807) is 49.6 Å². The van der Waals surface area contributed by atoms with E-state index in [2.05, 4.69) is 0 Å². The lowest BCUT2D eigenvalue weighted by Gasteiger charge is -2.13. The number of hydrogen-bond acceptors (Lipinski definition) is 6. The van der Waals surface area contributed by atoms with Crippen LogP contribution in [0, 0.1) is 13.8 Å². The van der Waals surface area contributed by atoms with E-state index in [0.717, 1.165) is 11.1 Å². The maximum Gasteiger partial charge on any atom is 0.235 e. The average Bonchev–Trinajstić information content (AvgIpc) is 2.82. The van der Waals surface area contributed by atoms with Gasteiger partial charge in [-0.3, -0.25) is 9.59 Å². The first-order chi connectivity index (χ1) is 15.9. The third kappa shape index (κ3) is 4.46. The number of ether oxygens (including phenoxy) is 3. The molecule has 0 unspecified atom stereocenters. The van der Waals surface area contributed by atoms with Crippen molar-refractivity contribution in [3.05, 3.63) is 87.6 Å². The Balaban J connectivity index is 1.81. The summed E-state index contributed by atoms with van der Waals surface area (Å²) in [4.78, 5) is 26.0.